The Morgan fingerprint density at radius 1 is 1.12 bits per heavy atom. The number of aromatic nitrogens is 3. The van der Waals surface area contributed by atoms with Crippen molar-refractivity contribution < 1.29 is 4.79 Å². The van der Waals surface area contributed by atoms with Crippen LogP contribution in [0.4, 0.5) is 5.82 Å². The van der Waals surface area contributed by atoms with Gasteiger partial charge < -0.3 is 5.32 Å². The number of fused-ring (bicyclic) bond motifs is 1. The lowest BCUT2D eigenvalue weighted by Crippen LogP contribution is -2.20. The number of aromatic amines is 1. The zero-order valence-electron chi connectivity index (χ0n) is 13.8. The Hall–Kier alpha value is -2.99. The minimum absolute atomic E-state index is 0.167. The molecule has 6 nitrogen and oxygen atoms in total. The first-order chi connectivity index (χ1) is 12.3. The van der Waals surface area contributed by atoms with Crippen LogP contribution in [0.15, 0.2) is 54.9 Å². The SMILES string of the molecule is O=C(Nc1n[nH]c2c1CN(CCc1ccccc1)C2)c1ccncc1. The molecule has 2 aromatic heterocycles. The van der Waals surface area contributed by atoms with Gasteiger partial charge in [-0.15, -0.1) is 0 Å². The van der Waals surface area contributed by atoms with Crippen LogP contribution in [0.1, 0.15) is 27.2 Å². The van der Waals surface area contributed by atoms with E-state index in [9.17, 15) is 4.79 Å². The zero-order valence-corrected chi connectivity index (χ0v) is 13.8. The number of hydrogen-bond donors (Lipinski definition) is 2. The van der Waals surface area contributed by atoms with Crippen LogP contribution in [-0.2, 0) is 19.5 Å². The van der Waals surface area contributed by atoms with E-state index in [-0.39, 0.29) is 5.91 Å². The monoisotopic (exact) mass is 333 g/mol. The summed E-state index contributed by atoms with van der Waals surface area (Å²) in [6, 6.07) is 13.8. The number of amides is 1. The van der Waals surface area contributed by atoms with Crippen LogP contribution in [0.5, 0.6) is 0 Å². The van der Waals surface area contributed by atoms with Crippen LogP contribution in [0.2, 0.25) is 0 Å². The molecular formula is C19H19N5O. The van der Waals surface area contributed by atoms with Gasteiger partial charge in [-0.2, -0.15) is 5.10 Å². The molecule has 1 aliphatic rings. The standard InChI is InChI=1S/C19H19N5O/c25-19(15-6-9-20-10-7-15)21-18-16-12-24(13-17(16)22-23-18)11-8-14-4-2-1-3-5-14/h1-7,9-10H,8,11-13H2,(H2,21,22,23,25). The molecule has 3 aromatic rings. The first-order valence-corrected chi connectivity index (χ1v) is 8.33. The van der Waals surface area contributed by atoms with Crippen LogP contribution >= 0.6 is 0 Å². The van der Waals surface area contributed by atoms with Gasteiger partial charge in [0, 0.05) is 43.2 Å². The van der Waals surface area contributed by atoms with E-state index in [1.165, 1.54) is 5.56 Å². The number of nitrogens with one attached hydrogen (secondary N) is 2. The molecule has 2 N–H and O–H groups in total. The van der Waals surface area contributed by atoms with Gasteiger partial charge >= 0.3 is 0 Å². The molecule has 3 heterocycles. The highest BCUT2D eigenvalue weighted by atomic mass is 16.1. The summed E-state index contributed by atoms with van der Waals surface area (Å²) in [5, 5.41) is 10.2. The van der Waals surface area contributed by atoms with Crippen molar-refractivity contribution >= 4 is 11.7 Å². The minimum atomic E-state index is -0.167. The summed E-state index contributed by atoms with van der Waals surface area (Å²) in [6.45, 7) is 2.61. The summed E-state index contributed by atoms with van der Waals surface area (Å²) in [6.07, 6.45) is 4.22. The first kappa shape index (κ1) is 15.5. The number of H-pyrrole nitrogens is 1. The summed E-state index contributed by atoms with van der Waals surface area (Å²) < 4.78 is 0. The van der Waals surface area contributed by atoms with E-state index in [1.54, 1.807) is 24.5 Å². The van der Waals surface area contributed by atoms with Gasteiger partial charge in [0.15, 0.2) is 5.82 Å². The smallest absolute Gasteiger partial charge is 0.256 e. The van der Waals surface area contributed by atoms with Gasteiger partial charge in [-0.05, 0) is 24.1 Å². The lowest BCUT2D eigenvalue weighted by atomic mass is 10.1. The quantitative estimate of drug-likeness (QED) is 0.753. The molecule has 0 fully saturated rings. The fraction of sp³-hybridized carbons (Fsp3) is 0.211. The fourth-order valence-electron chi connectivity index (χ4n) is 3.08. The van der Waals surface area contributed by atoms with E-state index in [1.807, 2.05) is 6.07 Å². The lowest BCUT2D eigenvalue weighted by Gasteiger charge is -2.15. The van der Waals surface area contributed by atoms with Crippen LogP contribution in [-0.4, -0.2) is 32.5 Å². The first-order valence-electron chi connectivity index (χ1n) is 8.33. The molecule has 25 heavy (non-hydrogen) atoms. The molecule has 0 saturated heterocycles. The Kier molecular flexibility index (Phi) is 4.26. The molecule has 0 spiro atoms. The van der Waals surface area contributed by atoms with Crippen molar-refractivity contribution in [1.82, 2.24) is 20.1 Å². The van der Waals surface area contributed by atoms with E-state index in [4.69, 9.17) is 0 Å². The van der Waals surface area contributed by atoms with E-state index in [0.717, 1.165) is 37.3 Å². The second-order valence-corrected chi connectivity index (χ2v) is 6.17. The normalized spacial score (nSPS) is 13.6. The summed E-state index contributed by atoms with van der Waals surface area (Å²) in [5.74, 6) is 0.457. The molecule has 0 saturated carbocycles. The minimum Gasteiger partial charge on any atom is -0.305 e. The molecule has 1 aromatic carbocycles. The molecule has 0 aliphatic carbocycles. The summed E-state index contributed by atoms with van der Waals surface area (Å²) in [4.78, 5) is 18.6. The number of carbonyl (C=O) groups is 1. The predicted octanol–water partition coefficient (Wildman–Crippen LogP) is 2.62. The highest BCUT2D eigenvalue weighted by Crippen LogP contribution is 2.27. The highest BCUT2D eigenvalue weighted by molar-refractivity contribution is 6.04. The maximum atomic E-state index is 12.3. The Labute approximate surface area is 145 Å². The van der Waals surface area contributed by atoms with Crippen LogP contribution in [0.25, 0.3) is 0 Å². The molecule has 0 radical (unpaired) electrons. The van der Waals surface area contributed by atoms with Crippen molar-refractivity contribution in [3.63, 3.8) is 0 Å². The highest BCUT2D eigenvalue weighted by Gasteiger charge is 2.25. The van der Waals surface area contributed by atoms with Crippen molar-refractivity contribution in [3.8, 4) is 0 Å². The molecule has 0 bridgehead atoms. The maximum absolute atomic E-state index is 12.3. The van der Waals surface area contributed by atoms with Crippen molar-refractivity contribution in [2.24, 2.45) is 0 Å². The van der Waals surface area contributed by atoms with Gasteiger partial charge in [-0.1, -0.05) is 30.3 Å². The molecule has 0 atom stereocenters. The van der Waals surface area contributed by atoms with E-state index in [2.05, 4.69) is 49.7 Å². The van der Waals surface area contributed by atoms with Gasteiger partial charge in [0.2, 0.25) is 0 Å². The molecule has 6 heteroatoms. The average molecular weight is 333 g/mol. The fourth-order valence-corrected chi connectivity index (χ4v) is 3.08. The Balaban J connectivity index is 1.39. The van der Waals surface area contributed by atoms with Gasteiger partial charge in [0.05, 0.1) is 5.69 Å². The molecule has 1 amide bonds. The zero-order chi connectivity index (χ0) is 17.1. The van der Waals surface area contributed by atoms with E-state index in [0.29, 0.717) is 11.4 Å². The predicted molar refractivity (Wildman–Crippen MR) is 95.0 cm³/mol. The number of anilines is 1. The summed E-state index contributed by atoms with van der Waals surface area (Å²) in [7, 11) is 0. The number of benzene rings is 1. The number of nitrogens with zero attached hydrogens (tertiary/aromatic N) is 3. The van der Waals surface area contributed by atoms with Crippen molar-refractivity contribution in [2.45, 2.75) is 19.5 Å². The second kappa shape index (κ2) is 6.86. The van der Waals surface area contributed by atoms with Crippen LogP contribution in [0, 0.1) is 0 Å². The Bertz CT molecular complexity index is 860. The molecular weight excluding hydrogens is 314 g/mol. The van der Waals surface area contributed by atoms with Crippen LogP contribution in [0.3, 0.4) is 0 Å². The Morgan fingerprint density at radius 3 is 2.72 bits per heavy atom. The summed E-state index contributed by atoms with van der Waals surface area (Å²) >= 11 is 0. The van der Waals surface area contributed by atoms with Gasteiger partial charge in [-0.25, -0.2) is 0 Å². The van der Waals surface area contributed by atoms with Gasteiger partial charge in [0.25, 0.3) is 5.91 Å². The van der Waals surface area contributed by atoms with Crippen molar-refractivity contribution in [3.05, 3.63) is 77.2 Å². The van der Waals surface area contributed by atoms with Crippen molar-refractivity contribution in [2.75, 3.05) is 11.9 Å². The molecule has 126 valence electrons. The summed E-state index contributed by atoms with van der Waals surface area (Å²) in [5.41, 5.74) is 4.07. The number of hydrogen-bond acceptors (Lipinski definition) is 4. The molecule has 1 aliphatic heterocycles. The topological polar surface area (TPSA) is 73.9 Å². The van der Waals surface area contributed by atoms with Crippen molar-refractivity contribution in [1.29, 1.82) is 0 Å². The van der Waals surface area contributed by atoms with E-state index >= 15 is 0 Å². The number of carbonyl (C=O) groups excluding carboxylic acids is 1. The van der Waals surface area contributed by atoms with Crippen LogP contribution < -0.4 is 5.32 Å². The number of pyridine rings is 1. The third kappa shape index (κ3) is 3.44. The third-order valence-electron chi connectivity index (χ3n) is 4.45. The largest absolute Gasteiger partial charge is 0.305 e. The average Bonchev–Trinajstić information content (AvgIpc) is 3.23. The van der Waals surface area contributed by atoms with E-state index < -0.39 is 0 Å². The van der Waals surface area contributed by atoms with Gasteiger partial charge in [-0.3, -0.25) is 19.8 Å². The molecule has 0 unspecified atom stereocenters. The van der Waals surface area contributed by atoms with Gasteiger partial charge in [0.1, 0.15) is 0 Å². The Morgan fingerprint density at radius 2 is 1.92 bits per heavy atom. The third-order valence-corrected chi connectivity index (χ3v) is 4.45. The second-order valence-electron chi connectivity index (χ2n) is 6.17. The lowest BCUT2D eigenvalue weighted by molar-refractivity contribution is 0.102. The maximum Gasteiger partial charge on any atom is 0.256 e. The molecule has 4 rings (SSSR count). The number of rotatable bonds is 5.